The first kappa shape index (κ1) is 14.8. The van der Waals surface area contributed by atoms with E-state index in [1.165, 1.54) is 6.26 Å². The minimum atomic E-state index is -3.00. The van der Waals surface area contributed by atoms with E-state index >= 15 is 0 Å². The van der Waals surface area contributed by atoms with E-state index in [1.54, 1.807) is 0 Å². The van der Waals surface area contributed by atoms with E-state index in [0.717, 1.165) is 25.9 Å². The van der Waals surface area contributed by atoms with Gasteiger partial charge in [-0.3, -0.25) is 4.79 Å². The van der Waals surface area contributed by atoms with Crippen LogP contribution in [0, 0.1) is 5.41 Å². The number of rotatable bonds is 4. The Hall–Kier alpha value is -0.620. The van der Waals surface area contributed by atoms with E-state index in [1.807, 2.05) is 11.8 Å². The van der Waals surface area contributed by atoms with E-state index in [-0.39, 0.29) is 23.1 Å². The van der Waals surface area contributed by atoms with Crippen LogP contribution in [0.1, 0.15) is 33.1 Å². The van der Waals surface area contributed by atoms with Crippen molar-refractivity contribution in [1.82, 2.24) is 10.2 Å². The van der Waals surface area contributed by atoms with Gasteiger partial charge in [0.25, 0.3) is 0 Å². The van der Waals surface area contributed by atoms with Gasteiger partial charge in [-0.15, -0.1) is 0 Å². The maximum Gasteiger partial charge on any atom is 0.223 e. The minimum Gasteiger partial charge on any atom is -0.337 e. The second-order valence-electron chi connectivity index (χ2n) is 6.32. The first-order chi connectivity index (χ1) is 8.72. The minimum absolute atomic E-state index is 0.113. The van der Waals surface area contributed by atoms with Crippen molar-refractivity contribution in [1.29, 1.82) is 0 Å². The zero-order valence-electron chi connectivity index (χ0n) is 12.0. The molecule has 0 bridgehead atoms. The van der Waals surface area contributed by atoms with Crippen LogP contribution in [0.2, 0.25) is 0 Å². The smallest absolute Gasteiger partial charge is 0.223 e. The Morgan fingerprint density at radius 1 is 1.37 bits per heavy atom. The van der Waals surface area contributed by atoms with Crippen LogP contribution in [0.4, 0.5) is 0 Å². The summed E-state index contributed by atoms with van der Waals surface area (Å²) in [7, 11) is -3.00. The molecule has 1 amide bonds. The summed E-state index contributed by atoms with van der Waals surface area (Å²) in [5, 5.41) is 3.34. The van der Waals surface area contributed by atoms with Crippen LogP contribution >= 0.6 is 0 Å². The second kappa shape index (κ2) is 5.05. The average molecular weight is 288 g/mol. The molecule has 110 valence electrons. The topological polar surface area (TPSA) is 66.5 Å². The van der Waals surface area contributed by atoms with Crippen molar-refractivity contribution in [3.05, 3.63) is 0 Å². The van der Waals surface area contributed by atoms with Crippen LogP contribution in [0.25, 0.3) is 0 Å². The fourth-order valence-electron chi connectivity index (χ4n) is 2.94. The summed E-state index contributed by atoms with van der Waals surface area (Å²) in [6.07, 6.45) is 3.37. The van der Waals surface area contributed by atoms with E-state index in [0.29, 0.717) is 12.5 Å². The predicted molar refractivity (Wildman–Crippen MR) is 74.6 cm³/mol. The summed E-state index contributed by atoms with van der Waals surface area (Å²) < 4.78 is 22.9. The quantitative estimate of drug-likeness (QED) is 0.814. The third kappa shape index (κ3) is 3.69. The molecule has 1 heterocycles. The summed E-state index contributed by atoms with van der Waals surface area (Å²) in [5.41, 5.74) is -0.265. The van der Waals surface area contributed by atoms with Gasteiger partial charge in [0, 0.05) is 37.8 Å². The highest BCUT2D eigenvalue weighted by Gasteiger charge is 2.47. The highest BCUT2D eigenvalue weighted by molar-refractivity contribution is 7.90. The monoisotopic (exact) mass is 288 g/mol. The molecule has 0 aromatic carbocycles. The van der Waals surface area contributed by atoms with Crippen molar-refractivity contribution in [3.63, 3.8) is 0 Å². The van der Waals surface area contributed by atoms with Gasteiger partial charge >= 0.3 is 0 Å². The summed E-state index contributed by atoms with van der Waals surface area (Å²) in [6.45, 7) is 5.66. The zero-order chi connectivity index (χ0) is 14.3. The third-order valence-corrected chi connectivity index (χ3v) is 5.54. The number of hydrogen-bond donors (Lipinski definition) is 1. The van der Waals surface area contributed by atoms with E-state index in [4.69, 9.17) is 0 Å². The number of amides is 1. The number of piperazine rings is 1. The van der Waals surface area contributed by atoms with E-state index in [9.17, 15) is 13.2 Å². The number of carbonyl (C=O) groups excluding carboxylic acids is 1. The van der Waals surface area contributed by atoms with Gasteiger partial charge in [-0.2, -0.15) is 0 Å². The summed E-state index contributed by atoms with van der Waals surface area (Å²) in [4.78, 5) is 14.3. The lowest BCUT2D eigenvalue weighted by molar-refractivity contribution is -0.136. The van der Waals surface area contributed by atoms with Crippen molar-refractivity contribution < 1.29 is 13.2 Å². The first-order valence-corrected chi connectivity index (χ1v) is 8.99. The van der Waals surface area contributed by atoms with Gasteiger partial charge in [0.1, 0.15) is 9.84 Å². The van der Waals surface area contributed by atoms with Gasteiger partial charge in [-0.1, -0.05) is 0 Å². The van der Waals surface area contributed by atoms with Gasteiger partial charge in [-0.05, 0) is 32.1 Å². The lowest BCUT2D eigenvalue weighted by atomic mass is 10.0. The average Bonchev–Trinajstić information content (AvgIpc) is 2.98. The Balaban J connectivity index is 1.97. The van der Waals surface area contributed by atoms with Crippen molar-refractivity contribution in [2.75, 3.05) is 25.1 Å². The molecule has 5 nitrogen and oxygen atoms in total. The lowest BCUT2D eigenvalue weighted by Crippen LogP contribution is -2.57. The van der Waals surface area contributed by atoms with Crippen molar-refractivity contribution >= 4 is 15.7 Å². The van der Waals surface area contributed by atoms with Gasteiger partial charge in [0.05, 0.1) is 5.75 Å². The first-order valence-electron chi connectivity index (χ1n) is 6.93. The maximum atomic E-state index is 12.4. The lowest BCUT2D eigenvalue weighted by Gasteiger charge is -2.39. The maximum absolute atomic E-state index is 12.4. The Morgan fingerprint density at radius 3 is 2.53 bits per heavy atom. The second-order valence-corrected chi connectivity index (χ2v) is 8.46. The van der Waals surface area contributed by atoms with E-state index in [2.05, 4.69) is 12.2 Å². The van der Waals surface area contributed by atoms with Crippen molar-refractivity contribution in [2.45, 2.75) is 45.2 Å². The molecule has 0 spiro atoms. The van der Waals surface area contributed by atoms with Crippen molar-refractivity contribution in [3.8, 4) is 0 Å². The molecule has 0 aromatic rings. The molecule has 2 atom stereocenters. The van der Waals surface area contributed by atoms with Crippen LogP contribution in [-0.4, -0.2) is 56.4 Å². The molecular weight excluding hydrogens is 264 g/mol. The molecule has 0 aromatic heterocycles. The number of nitrogens with one attached hydrogen (secondary N) is 1. The molecule has 1 aliphatic carbocycles. The standard InChI is InChI=1S/C13H24N2O3S/c1-10-11(2)15(7-6-14-10)12(16)8-13(4-5-13)9-19(3,17)18/h10-11,14H,4-9H2,1-3H3. The largest absolute Gasteiger partial charge is 0.337 e. The van der Waals surface area contributed by atoms with Gasteiger partial charge in [0.15, 0.2) is 0 Å². The molecule has 2 aliphatic rings. The fraction of sp³-hybridized carbons (Fsp3) is 0.923. The molecule has 6 heteroatoms. The summed E-state index contributed by atoms with van der Waals surface area (Å²) in [6, 6.07) is 0.470. The fourth-order valence-corrected chi connectivity index (χ4v) is 4.44. The Kier molecular flexibility index (Phi) is 3.93. The SMILES string of the molecule is CC1NCCN(C(=O)CC2(CS(C)(=O)=O)CC2)C1C. The van der Waals surface area contributed by atoms with Crippen LogP contribution in [-0.2, 0) is 14.6 Å². The molecule has 2 fully saturated rings. The van der Waals surface area contributed by atoms with E-state index < -0.39 is 9.84 Å². The molecule has 1 saturated heterocycles. The van der Waals surface area contributed by atoms with Gasteiger partial charge in [-0.25, -0.2) is 8.42 Å². The predicted octanol–water partition coefficient (Wildman–Crippen LogP) is 0.410. The van der Waals surface area contributed by atoms with Crippen molar-refractivity contribution in [2.24, 2.45) is 5.41 Å². The molecule has 0 radical (unpaired) electrons. The molecule has 1 aliphatic heterocycles. The normalized spacial score (nSPS) is 30.2. The van der Waals surface area contributed by atoms with Crippen LogP contribution in [0.15, 0.2) is 0 Å². The number of sulfone groups is 1. The number of nitrogens with zero attached hydrogens (tertiary/aromatic N) is 1. The molecular formula is C13H24N2O3S. The molecule has 19 heavy (non-hydrogen) atoms. The van der Waals surface area contributed by atoms with Gasteiger partial charge < -0.3 is 10.2 Å². The number of hydrogen-bond acceptors (Lipinski definition) is 4. The summed E-state index contributed by atoms with van der Waals surface area (Å²) >= 11 is 0. The Bertz CT molecular complexity index is 457. The van der Waals surface area contributed by atoms with Crippen LogP contribution < -0.4 is 5.32 Å². The Morgan fingerprint density at radius 2 is 2.00 bits per heavy atom. The molecule has 2 unspecified atom stereocenters. The highest BCUT2D eigenvalue weighted by atomic mass is 32.2. The molecule has 2 rings (SSSR count). The number of carbonyl (C=O) groups is 1. The van der Waals surface area contributed by atoms with Crippen LogP contribution in [0.3, 0.4) is 0 Å². The van der Waals surface area contributed by atoms with Crippen LogP contribution in [0.5, 0.6) is 0 Å². The zero-order valence-corrected chi connectivity index (χ0v) is 12.8. The third-order valence-electron chi connectivity index (χ3n) is 4.41. The van der Waals surface area contributed by atoms with Gasteiger partial charge in [0.2, 0.25) is 5.91 Å². The summed E-state index contributed by atoms with van der Waals surface area (Å²) in [5.74, 6) is 0.267. The molecule has 1 saturated carbocycles. The molecule has 1 N–H and O–H groups in total. The highest BCUT2D eigenvalue weighted by Crippen LogP contribution is 2.50. The Labute approximate surface area is 115 Å².